The highest BCUT2D eigenvalue weighted by atomic mass is 16.1. The third kappa shape index (κ3) is 4.06. The second kappa shape index (κ2) is 6.71. The summed E-state index contributed by atoms with van der Waals surface area (Å²) in [6.45, 7) is 7.24. The summed E-state index contributed by atoms with van der Waals surface area (Å²) in [7, 11) is 0. The molecule has 1 fully saturated rings. The highest BCUT2D eigenvalue weighted by Gasteiger charge is 2.21. The molecule has 0 saturated carbocycles. The zero-order chi connectivity index (χ0) is 13.7. The second-order valence-corrected chi connectivity index (χ2v) is 5.64. The van der Waals surface area contributed by atoms with Crippen molar-refractivity contribution in [1.82, 2.24) is 10.6 Å². The van der Waals surface area contributed by atoms with Gasteiger partial charge < -0.3 is 10.6 Å². The molecule has 2 rings (SSSR count). The van der Waals surface area contributed by atoms with E-state index in [9.17, 15) is 4.79 Å². The highest BCUT2D eigenvalue weighted by molar-refractivity contribution is 5.78. The minimum atomic E-state index is 0.132. The van der Waals surface area contributed by atoms with Crippen molar-refractivity contribution in [2.75, 3.05) is 19.6 Å². The molecule has 104 valence electrons. The van der Waals surface area contributed by atoms with Gasteiger partial charge in [0.2, 0.25) is 5.91 Å². The maximum atomic E-state index is 12.0. The van der Waals surface area contributed by atoms with Gasteiger partial charge >= 0.3 is 0 Å². The molecule has 1 aromatic carbocycles. The van der Waals surface area contributed by atoms with Gasteiger partial charge in [0.05, 0.1) is 6.42 Å². The van der Waals surface area contributed by atoms with Crippen molar-refractivity contribution < 1.29 is 4.79 Å². The quantitative estimate of drug-likeness (QED) is 0.868. The summed E-state index contributed by atoms with van der Waals surface area (Å²) in [5.74, 6) is 1.39. The first-order chi connectivity index (χ1) is 9.16. The van der Waals surface area contributed by atoms with Crippen LogP contribution in [0.5, 0.6) is 0 Å². The molecule has 2 unspecified atom stereocenters. The summed E-state index contributed by atoms with van der Waals surface area (Å²) in [6, 6.07) is 8.07. The predicted molar refractivity (Wildman–Crippen MR) is 78.0 cm³/mol. The molecule has 0 radical (unpaired) electrons. The molecule has 3 nitrogen and oxygen atoms in total. The summed E-state index contributed by atoms with van der Waals surface area (Å²) in [6.07, 6.45) is 1.69. The molecule has 2 atom stereocenters. The lowest BCUT2D eigenvalue weighted by atomic mass is 9.88. The Morgan fingerprint density at radius 3 is 2.95 bits per heavy atom. The zero-order valence-corrected chi connectivity index (χ0v) is 11.9. The van der Waals surface area contributed by atoms with E-state index in [1.165, 1.54) is 12.0 Å². The van der Waals surface area contributed by atoms with Gasteiger partial charge in [-0.1, -0.05) is 31.2 Å². The third-order valence-corrected chi connectivity index (χ3v) is 4.16. The van der Waals surface area contributed by atoms with Crippen molar-refractivity contribution in [3.8, 4) is 0 Å². The Labute approximate surface area is 115 Å². The number of nitrogens with one attached hydrogen (secondary N) is 2. The lowest BCUT2D eigenvalue weighted by Gasteiger charge is -2.29. The van der Waals surface area contributed by atoms with Crippen LogP contribution in [0.4, 0.5) is 0 Å². The summed E-state index contributed by atoms with van der Waals surface area (Å²) < 4.78 is 0. The van der Waals surface area contributed by atoms with Crippen molar-refractivity contribution >= 4 is 5.91 Å². The smallest absolute Gasteiger partial charge is 0.224 e. The van der Waals surface area contributed by atoms with E-state index in [-0.39, 0.29) is 5.91 Å². The maximum absolute atomic E-state index is 12.0. The van der Waals surface area contributed by atoms with Crippen LogP contribution in [0.2, 0.25) is 0 Å². The Balaban J connectivity index is 1.80. The monoisotopic (exact) mass is 260 g/mol. The average Bonchev–Trinajstić information content (AvgIpc) is 2.40. The summed E-state index contributed by atoms with van der Waals surface area (Å²) in [5.41, 5.74) is 2.31. The lowest BCUT2D eigenvalue weighted by molar-refractivity contribution is -0.120. The van der Waals surface area contributed by atoms with Crippen molar-refractivity contribution in [2.24, 2.45) is 11.8 Å². The molecule has 1 saturated heterocycles. The third-order valence-electron chi connectivity index (χ3n) is 4.16. The number of hydrogen-bond donors (Lipinski definition) is 2. The van der Waals surface area contributed by atoms with E-state index < -0.39 is 0 Å². The molecule has 1 aromatic rings. The Kier molecular flexibility index (Phi) is 4.97. The first-order valence-electron chi connectivity index (χ1n) is 7.18. The predicted octanol–water partition coefficient (Wildman–Crippen LogP) is 1.90. The van der Waals surface area contributed by atoms with Crippen molar-refractivity contribution in [1.29, 1.82) is 0 Å². The molecule has 1 heterocycles. The fourth-order valence-electron chi connectivity index (χ4n) is 2.62. The SMILES string of the molecule is Cc1ccccc1CC(=O)NCC1CNCCC1C. The van der Waals surface area contributed by atoms with Crippen LogP contribution < -0.4 is 10.6 Å². The molecule has 1 aliphatic heterocycles. The van der Waals surface area contributed by atoms with Crippen LogP contribution in [0.15, 0.2) is 24.3 Å². The lowest BCUT2D eigenvalue weighted by Crippen LogP contribution is -2.42. The number of rotatable bonds is 4. The van der Waals surface area contributed by atoms with Crippen LogP contribution in [0.25, 0.3) is 0 Å². The Morgan fingerprint density at radius 1 is 1.42 bits per heavy atom. The van der Waals surface area contributed by atoms with Crippen LogP contribution in [0, 0.1) is 18.8 Å². The molecule has 1 aliphatic rings. The molecular weight excluding hydrogens is 236 g/mol. The van der Waals surface area contributed by atoms with E-state index in [4.69, 9.17) is 0 Å². The van der Waals surface area contributed by atoms with Gasteiger partial charge in [0.15, 0.2) is 0 Å². The number of piperidine rings is 1. The zero-order valence-electron chi connectivity index (χ0n) is 11.9. The molecule has 0 aromatic heterocycles. The first-order valence-corrected chi connectivity index (χ1v) is 7.18. The number of aryl methyl sites for hydroxylation is 1. The molecule has 19 heavy (non-hydrogen) atoms. The van der Waals surface area contributed by atoms with Crippen molar-refractivity contribution in [3.63, 3.8) is 0 Å². The summed E-state index contributed by atoms with van der Waals surface area (Å²) in [4.78, 5) is 12.0. The van der Waals surface area contributed by atoms with E-state index >= 15 is 0 Å². The Bertz CT molecular complexity index is 431. The first kappa shape index (κ1) is 14.1. The van der Waals surface area contributed by atoms with Gasteiger partial charge in [-0.15, -0.1) is 0 Å². The average molecular weight is 260 g/mol. The number of benzene rings is 1. The van der Waals surface area contributed by atoms with Gasteiger partial charge in [-0.05, 0) is 49.4 Å². The largest absolute Gasteiger partial charge is 0.355 e. The molecule has 0 aliphatic carbocycles. The molecular formula is C16H24N2O. The van der Waals surface area contributed by atoms with Crippen LogP contribution in [0.1, 0.15) is 24.5 Å². The van der Waals surface area contributed by atoms with E-state index in [2.05, 4.69) is 30.5 Å². The van der Waals surface area contributed by atoms with Gasteiger partial charge in [0, 0.05) is 6.54 Å². The minimum absolute atomic E-state index is 0.132. The van der Waals surface area contributed by atoms with E-state index in [1.54, 1.807) is 0 Å². The molecule has 2 N–H and O–H groups in total. The number of amides is 1. The topological polar surface area (TPSA) is 41.1 Å². The van der Waals surface area contributed by atoms with Crippen LogP contribution in [-0.4, -0.2) is 25.5 Å². The Hall–Kier alpha value is -1.35. The summed E-state index contributed by atoms with van der Waals surface area (Å²) >= 11 is 0. The van der Waals surface area contributed by atoms with Crippen molar-refractivity contribution in [2.45, 2.75) is 26.7 Å². The van der Waals surface area contributed by atoms with Gasteiger partial charge in [-0.2, -0.15) is 0 Å². The highest BCUT2D eigenvalue weighted by Crippen LogP contribution is 2.17. The number of carbonyl (C=O) groups excluding carboxylic acids is 1. The second-order valence-electron chi connectivity index (χ2n) is 5.64. The van der Waals surface area contributed by atoms with Gasteiger partial charge in [0.1, 0.15) is 0 Å². The molecule has 0 bridgehead atoms. The van der Waals surface area contributed by atoms with Crippen LogP contribution in [-0.2, 0) is 11.2 Å². The van der Waals surface area contributed by atoms with Crippen LogP contribution >= 0.6 is 0 Å². The number of hydrogen-bond acceptors (Lipinski definition) is 2. The normalized spacial score (nSPS) is 23.1. The van der Waals surface area contributed by atoms with E-state index in [1.807, 2.05) is 18.2 Å². The van der Waals surface area contributed by atoms with Gasteiger partial charge in [-0.25, -0.2) is 0 Å². The van der Waals surface area contributed by atoms with Gasteiger partial charge in [0.25, 0.3) is 0 Å². The standard InChI is InChI=1S/C16H24N2O/c1-12-5-3-4-6-14(12)9-16(19)18-11-15-10-17-8-7-13(15)2/h3-6,13,15,17H,7-11H2,1-2H3,(H,18,19). The molecule has 3 heteroatoms. The summed E-state index contributed by atoms with van der Waals surface area (Å²) in [5, 5.41) is 6.48. The fraction of sp³-hybridized carbons (Fsp3) is 0.562. The van der Waals surface area contributed by atoms with Crippen molar-refractivity contribution in [3.05, 3.63) is 35.4 Å². The van der Waals surface area contributed by atoms with Gasteiger partial charge in [-0.3, -0.25) is 4.79 Å². The van der Waals surface area contributed by atoms with Crippen LogP contribution in [0.3, 0.4) is 0 Å². The minimum Gasteiger partial charge on any atom is -0.355 e. The maximum Gasteiger partial charge on any atom is 0.224 e. The molecule has 1 amide bonds. The Morgan fingerprint density at radius 2 is 2.21 bits per heavy atom. The number of carbonyl (C=O) groups is 1. The van der Waals surface area contributed by atoms with E-state index in [0.29, 0.717) is 18.3 Å². The fourth-order valence-corrected chi connectivity index (χ4v) is 2.62. The van der Waals surface area contributed by atoms with E-state index in [0.717, 1.165) is 25.2 Å². The molecule has 0 spiro atoms.